The fraction of sp³-hybridized carbons (Fsp3) is 0.278. The molecule has 23 heavy (non-hydrogen) atoms. The van der Waals surface area contributed by atoms with Crippen molar-refractivity contribution in [2.75, 3.05) is 5.32 Å². The van der Waals surface area contributed by atoms with Gasteiger partial charge >= 0.3 is 6.09 Å². The molecule has 122 valence electrons. The summed E-state index contributed by atoms with van der Waals surface area (Å²) in [5.41, 5.74) is 0.450. The Bertz CT molecular complexity index is 680. The number of benzene rings is 2. The molecular weight excluding hydrogens is 297 g/mol. The van der Waals surface area contributed by atoms with Gasteiger partial charge in [-0.1, -0.05) is 24.3 Å². The van der Waals surface area contributed by atoms with Crippen molar-refractivity contribution in [2.24, 2.45) is 0 Å². The van der Waals surface area contributed by atoms with Crippen molar-refractivity contribution in [3.05, 3.63) is 59.9 Å². The van der Waals surface area contributed by atoms with Crippen molar-refractivity contribution >= 4 is 11.8 Å². The van der Waals surface area contributed by atoms with E-state index in [-0.39, 0.29) is 12.4 Å². The summed E-state index contributed by atoms with van der Waals surface area (Å²) < 4.78 is 24.3. The van der Waals surface area contributed by atoms with Crippen LogP contribution in [0.15, 0.2) is 48.5 Å². The molecule has 0 heterocycles. The van der Waals surface area contributed by atoms with Crippen LogP contribution in [0.5, 0.6) is 5.75 Å². The Balaban J connectivity index is 1.97. The summed E-state index contributed by atoms with van der Waals surface area (Å²) in [5.74, 6) is 0.220. The Hall–Kier alpha value is -2.56. The van der Waals surface area contributed by atoms with E-state index in [1.807, 2.05) is 0 Å². The van der Waals surface area contributed by atoms with E-state index >= 15 is 0 Å². The van der Waals surface area contributed by atoms with Crippen LogP contribution in [-0.2, 0) is 11.3 Å². The largest absolute Gasteiger partial charge is 0.489 e. The summed E-state index contributed by atoms with van der Waals surface area (Å²) in [6, 6.07) is 13.3. The number of hydrogen-bond acceptors (Lipinski definition) is 3. The number of hydrogen-bond donors (Lipinski definition) is 1. The maximum absolute atomic E-state index is 13.5. The maximum atomic E-state index is 13.5. The number of rotatable bonds is 4. The lowest BCUT2D eigenvalue weighted by Crippen LogP contribution is -2.27. The van der Waals surface area contributed by atoms with Gasteiger partial charge in [-0.3, -0.25) is 5.32 Å². The molecule has 0 radical (unpaired) electrons. The minimum atomic E-state index is -0.566. The summed E-state index contributed by atoms with van der Waals surface area (Å²) in [4.78, 5) is 11.7. The first-order chi connectivity index (χ1) is 10.8. The molecule has 2 aromatic rings. The molecule has 5 heteroatoms. The van der Waals surface area contributed by atoms with Crippen molar-refractivity contribution in [1.82, 2.24) is 0 Å². The van der Waals surface area contributed by atoms with Gasteiger partial charge in [0.25, 0.3) is 0 Å². The van der Waals surface area contributed by atoms with E-state index in [4.69, 9.17) is 9.47 Å². The second-order valence-corrected chi connectivity index (χ2v) is 6.03. The maximum Gasteiger partial charge on any atom is 0.412 e. The van der Waals surface area contributed by atoms with Crippen LogP contribution in [0.2, 0.25) is 0 Å². The summed E-state index contributed by atoms with van der Waals surface area (Å²) in [6.07, 6.45) is -0.538. The number of amides is 1. The molecule has 0 spiro atoms. The molecule has 0 atom stereocenters. The van der Waals surface area contributed by atoms with Gasteiger partial charge in [0.15, 0.2) is 0 Å². The van der Waals surface area contributed by atoms with Crippen LogP contribution in [-0.4, -0.2) is 11.7 Å². The van der Waals surface area contributed by atoms with E-state index in [0.29, 0.717) is 17.0 Å². The van der Waals surface area contributed by atoms with Crippen LogP contribution in [0.3, 0.4) is 0 Å². The van der Waals surface area contributed by atoms with Crippen molar-refractivity contribution in [3.8, 4) is 5.75 Å². The van der Waals surface area contributed by atoms with E-state index in [9.17, 15) is 9.18 Å². The molecule has 4 nitrogen and oxygen atoms in total. The van der Waals surface area contributed by atoms with Crippen LogP contribution < -0.4 is 10.1 Å². The van der Waals surface area contributed by atoms with Gasteiger partial charge < -0.3 is 9.47 Å². The zero-order chi connectivity index (χ0) is 16.9. The van der Waals surface area contributed by atoms with Gasteiger partial charge in [0.1, 0.15) is 23.8 Å². The first kappa shape index (κ1) is 16.8. The SMILES string of the molecule is CC(C)(C)OC(=O)Nc1cccc(OCc2ccccc2F)c1. The highest BCUT2D eigenvalue weighted by molar-refractivity contribution is 5.85. The third-order valence-electron chi connectivity index (χ3n) is 2.83. The molecule has 0 unspecified atom stereocenters. The second-order valence-electron chi connectivity index (χ2n) is 6.03. The second kappa shape index (κ2) is 7.13. The van der Waals surface area contributed by atoms with Crippen molar-refractivity contribution in [1.29, 1.82) is 0 Å². The lowest BCUT2D eigenvalue weighted by Gasteiger charge is -2.19. The van der Waals surface area contributed by atoms with Crippen LogP contribution in [0.25, 0.3) is 0 Å². The third kappa shape index (κ3) is 5.62. The molecule has 1 N–H and O–H groups in total. The van der Waals surface area contributed by atoms with E-state index in [1.165, 1.54) is 6.07 Å². The number of halogens is 1. The van der Waals surface area contributed by atoms with Crippen LogP contribution >= 0.6 is 0 Å². The quantitative estimate of drug-likeness (QED) is 0.885. The molecule has 0 saturated carbocycles. The highest BCUT2D eigenvalue weighted by Gasteiger charge is 2.16. The van der Waals surface area contributed by atoms with Crippen LogP contribution in [0.4, 0.5) is 14.9 Å². The monoisotopic (exact) mass is 317 g/mol. The van der Waals surface area contributed by atoms with E-state index < -0.39 is 11.7 Å². The Morgan fingerprint density at radius 2 is 1.87 bits per heavy atom. The minimum Gasteiger partial charge on any atom is -0.489 e. The molecule has 0 aliphatic carbocycles. The summed E-state index contributed by atoms with van der Waals surface area (Å²) in [5, 5.41) is 2.63. The van der Waals surface area contributed by atoms with E-state index in [0.717, 1.165) is 0 Å². The minimum absolute atomic E-state index is 0.114. The Morgan fingerprint density at radius 3 is 2.57 bits per heavy atom. The first-order valence-corrected chi connectivity index (χ1v) is 7.30. The summed E-state index contributed by atoms with van der Waals surface area (Å²) in [6.45, 7) is 5.49. The predicted molar refractivity (Wildman–Crippen MR) is 87.0 cm³/mol. The molecule has 0 fully saturated rings. The number of carbonyl (C=O) groups excluding carboxylic acids is 1. The Morgan fingerprint density at radius 1 is 1.13 bits per heavy atom. The molecule has 0 aromatic heterocycles. The molecule has 0 saturated heterocycles. The smallest absolute Gasteiger partial charge is 0.412 e. The zero-order valence-electron chi connectivity index (χ0n) is 13.4. The lowest BCUT2D eigenvalue weighted by molar-refractivity contribution is 0.0636. The zero-order valence-corrected chi connectivity index (χ0v) is 13.4. The fourth-order valence-electron chi connectivity index (χ4n) is 1.86. The first-order valence-electron chi connectivity index (χ1n) is 7.30. The van der Waals surface area contributed by atoms with Crippen molar-refractivity contribution in [3.63, 3.8) is 0 Å². The Labute approximate surface area is 135 Å². The van der Waals surface area contributed by atoms with Gasteiger partial charge in [0, 0.05) is 17.3 Å². The molecule has 2 aromatic carbocycles. The molecule has 2 rings (SSSR count). The topological polar surface area (TPSA) is 47.6 Å². The van der Waals surface area contributed by atoms with E-state index in [2.05, 4.69) is 5.32 Å². The molecule has 0 aliphatic rings. The van der Waals surface area contributed by atoms with Crippen LogP contribution in [0, 0.1) is 5.82 Å². The highest BCUT2D eigenvalue weighted by atomic mass is 19.1. The number of ether oxygens (including phenoxy) is 2. The molecule has 0 bridgehead atoms. The van der Waals surface area contributed by atoms with E-state index in [1.54, 1.807) is 63.2 Å². The van der Waals surface area contributed by atoms with Gasteiger partial charge in [-0.15, -0.1) is 0 Å². The van der Waals surface area contributed by atoms with Crippen LogP contribution in [0.1, 0.15) is 26.3 Å². The van der Waals surface area contributed by atoms with Gasteiger partial charge in [0.05, 0.1) is 0 Å². The van der Waals surface area contributed by atoms with Gasteiger partial charge in [-0.2, -0.15) is 0 Å². The van der Waals surface area contributed by atoms with Gasteiger partial charge in [-0.05, 0) is 39.0 Å². The van der Waals surface area contributed by atoms with Gasteiger partial charge in [-0.25, -0.2) is 9.18 Å². The average Bonchev–Trinajstić information content (AvgIpc) is 2.45. The average molecular weight is 317 g/mol. The lowest BCUT2D eigenvalue weighted by atomic mass is 10.2. The van der Waals surface area contributed by atoms with Gasteiger partial charge in [0.2, 0.25) is 0 Å². The highest BCUT2D eigenvalue weighted by Crippen LogP contribution is 2.20. The standard InChI is InChI=1S/C18H20FNO3/c1-18(2,3)23-17(21)20-14-8-6-9-15(11-14)22-12-13-7-4-5-10-16(13)19/h4-11H,12H2,1-3H3,(H,20,21). The number of nitrogens with one attached hydrogen (secondary N) is 1. The number of anilines is 1. The molecule has 1 amide bonds. The third-order valence-corrected chi connectivity index (χ3v) is 2.83. The summed E-state index contributed by atoms with van der Waals surface area (Å²) in [7, 11) is 0. The predicted octanol–water partition coefficient (Wildman–Crippen LogP) is 4.75. The normalized spacial score (nSPS) is 11.0. The molecular formula is C18H20FNO3. The molecule has 0 aliphatic heterocycles. The van der Waals surface area contributed by atoms with Crippen molar-refractivity contribution in [2.45, 2.75) is 33.0 Å². The Kier molecular flexibility index (Phi) is 5.21. The van der Waals surface area contributed by atoms with Crippen molar-refractivity contribution < 1.29 is 18.7 Å². The fourth-order valence-corrected chi connectivity index (χ4v) is 1.86. The summed E-state index contributed by atoms with van der Waals surface area (Å²) >= 11 is 0. The number of carbonyl (C=O) groups is 1.